The van der Waals surface area contributed by atoms with Gasteiger partial charge in [-0.3, -0.25) is 4.79 Å². The molecule has 1 aromatic heterocycles. The van der Waals surface area contributed by atoms with Gasteiger partial charge in [-0.15, -0.1) is 11.3 Å². The molecule has 0 unspecified atom stereocenters. The second kappa shape index (κ2) is 4.72. The molecule has 1 rings (SSSR count). The van der Waals surface area contributed by atoms with Gasteiger partial charge in [0.2, 0.25) is 0 Å². The van der Waals surface area contributed by atoms with Crippen LogP contribution in [0.3, 0.4) is 0 Å². The second-order valence-electron chi connectivity index (χ2n) is 4.06. The highest BCUT2D eigenvalue weighted by atomic mass is 32.1. The number of hydrogen-bond acceptors (Lipinski definition) is 4. The van der Waals surface area contributed by atoms with Crippen molar-refractivity contribution in [2.45, 2.75) is 32.7 Å². The third-order valence-corrected chi connectivity index (χ3v) is 2.81. The van der Waals surface area contributed by atoms with E-state index in [-0.39, 0.29) is 12.5 Å². The van der Waals surface area contributed by atoms with Crippen LogP contribution < -0.4 is 5.32 Å². The van der Waals surface area contributed by atoms with E-state index in [1.165, 1.54) is 11.3 Å². The number of rotatable bonds is 4. The number of amides is 1. The average Bonchev–Trinajstić information content (AvgIpc) is 2.50. The number of carbonyl (C=O) groups is 1. The summed E-state index contributed by atoms with van der Waals surface area (Å²) in [6.07, 6.45) is 0.530. The molecule has 0 spiro atoms. The van der Waals surface area contributed by atoms with Crippen molar-refractivity contribution in [3.05, 3.63) is 16.1 Å². The van der Waals surface area contributed by atoms with E-state index in [1.807, 2.05) is 20.8 Å². The van der Waals surface area contributed by atoms with Crippen molar-refractivity contribution in [2.24, 2.45) is 0 Å². The zero-order valence-corrected chi connectivity index (χ0v) is 10.0. The molecule has 0 saturated carbocycles. The summed E-state index contributed by atoms with van der Waals surface area (Å²) in [5.41, 5.74) is 0.0482. The Bertz CT molecular complexity index is 347. The molecule has 0 aliphatic carbocycles. The minimum atomic E-state index is -0.399. The van der Waals surface area contributed by atoms with Gasteiger partial charge in [-0.05, 0) is 27.2 Å². The zero-order chi connectivity index (χ0) is 11.5. The number of aromatic nitrogens is 1. The number of nitrogens with one attached hydrogen (secondary N) is 1. The number of aryl methyl sites for hydroxylation is 1. The summed E-state index contributed by atoms with van der Waals surface area (Å²) >= 11 is 1.45. The monoisotopic (exact) mass is 228 g/mol. The van der Waals surface area contributed by atoms with E-state index < -0.39 is 5.54 Å². The van der Waals surface area contributed by atoms with Crippen LogP contribution in [0.4, 0.5) is 0 Å². The number of hydrogen-bond donors (Lipinski definition) is 2. The van der Waals surface area contributed by atoms with E-state index in [1.54, 1.807) is 5.38 Å². The van der Waals surface area contributed by atoms with Crippen LogP contribution in [0.5, 0.6) is 0 Å². The molecule has 4 nitrogen and oxygen atoms in total. The van der Waals surface area contributed by atoms with Crippen molar-refractivity contribution in [1.29, 1.82) is 0 Å². The van der Waals surface area contributed by atoms with E-state index in [9.17, 15) is 4.79 Å². The molecule has 2 N–H and O–H groups in total. The summed E-state index contributed by atoms with van der Waals surface area (Å²) in [6.45, 7) is 5.67. The lowest BCUT2D eigenvalue weighted by Gasteiger charge is -2.24. The SMILES string of the molecule is Cc1nc(C(=O)NC(C)(C)CCO)cs1. The Kier molecular flexibility index (Phi) is 3.82. The fourth-order valence-corrected chi connectivity index (χ4v) is 1.77. The average molecular weight is 228 g/mol. The number of aliphatic hydroxyl groups is 1. The molecule has 84 valence electrons. The minimum absolute atomic E-state index is 0.0589. The molecule has 0 atom stereocenters. The van der Waals surface area contributed by atoms with Gasteiger partial charge >= 0.3 is 0 Å². The van der Waals surface area contributed by atoms with Crippen LogP contribution in [0.15, 0.2) is 5.38 Å². The van der Waals surface area contributed by atoms with Crippen LogP contribution in [-0.2, 0) is 0 Å². The van der Waals surface area contributed by atoms with Gasteiger partial charge in [0.25, 0.3) is 5.91 Å². The quantitative estimate of drug-likeness (QED) is 0.817. The topological polar surface area (TPSA) is 62.2 Å². The summed E-state index contributed by atoms with van der Waals surface area (Å²) < 4.78 is 0. The van der Waals surface area contributed by atoms with Gasteiger partial charge in [0, 0.05) is 17.5 Å². The highest BCUT2D eigenvalue weighted by Crippen LogP contribution is 2.11. The lowest BCUT2D eigenvalue weighted by molar-refractivity contribution is 0.0895. The Balaban J connectivity index is 2.63. The highest BCUT2D eigenvalue weighted by molar-refractivity contribution is 7.09. The third kappa shape index (κ3) is 3.60. The van der Waals surface area contributed by atoms with Gasteiger partial charge in [-0.1, -0.05) is 0 Å². The molecule has 1 heterocycles. The molecule has 1 aromatic rings. The Morgan fingerprint density at radius 1 is 1.67 bits per heavy atom. The van der Waals surface area contributed by atoms with Crippen molar-refractivity contribution >= 4 is 17.2 Å². The Labute approximate surface area is 93.4 Å². The van der Waals surface area contributed by atoms with E-state index in [0.717, 1.165) is 5.01 Å². The maximum atomic E-state index is 11.7. The second-order valence-corrected chi connectivity index (χ2v) is 5.13. The van der Waals surface area contributed by atoms with Gasteiger partial charge in [0.15, 0.2) is 0 Å². The predicted octanol–water partition coefficient (Wildman–Crippen LogP) is 1.34. The first kappa shape index (κ1) is 12.1. The number of thiazole rings is 1. The fourth-order valence-electron chi connectivity index (χ4n) is 1.18. The molecule has 15 heavy (non-hydrogen) atoms. The molecule has 1 amide bonds. The Morgan fingerprint density at radius 3 is 2.80 bits per heavy atom. The molecule has 0 bridgehead atoms. The fraction of sp³-hybridized carbons (Fsp3) is 0.600. The molecule has 0 aromatic carbocycles. The summed E-state index contributed by atoms with van der Waals surface area (Å²) in [5, 5.41) is 14.3. The van der Waals surface area contributed by atoms with Crippen LogP contribution in [0.2, 0.25) is 0 Å². The molecule has 0 aliphatic heterocycles. The molecule has 5 heteroatoms. The van der Waals surface area contributed by atoms with Crippen LogP contribution in [0.1, 0.15) is 35.8 Å². The maximum Gasteiger partial charge on any atom is 0.271 e. The smallest absolute Gasteiger partial charge is 0.271 e. The first-order chi connectivity index (χ1) is 6.94. The van der Waals surface area contributed by atoms with Gasteiger partial charge in [0.1, 0.15) is 5.69 Å². The molecule has 0 aliphatic rings. The third-order valence-electron chi connectivity index (χ3n) is 2.04. The number of nitrogens with zero attached hydrogens (tertiary/aromatic N) is 1. The zero-order valence-electron chi connectivity index (χ0n) is 9.20. The van der Waals surface area contributed by atoms with Crippen LogP contribution in [0.25, 0.3) is 0 Å². The van der Waals surface area contributed by atoms with E-state index in [2.05, 4.69) is 10.3 Å². The minimum Gasteiger partial charge on any atom is -0.396 e. The number of aliphatic hydroxyl groups excluding tert-OH is 1. The van der Waals surface area contributed by atoms with Crippen LogP contribution in [-0.4, -0.2) is 28.1 Å². The molecular formula is C10H16N2O2S. The standard InChI is InChI=1S/C10H16N2O2S/c1-7-11-8(6-15-7)9(14)12-10(2,3)4-5-13/h6,13H,4-5H2,1-3H3,(H,12,14). The van der Waals surface area contributed by atoms with Gasteiger partial charge in [-0.25, -0.2) is 4.98 Å². The van der Waals surface area contributed by atoms with Gasteiger partial charge < -0.3 is 10.4 Å². The van der Waals surface area contributed by atoms with Crippen molar-refractivity contribution < 1.29 is 9.90 Å². The molecule has 0 fully saturated rings. The molecule has 0 saturated heterocycles. The number of carbonyl (C=O) groups excluding carboxylic acids is 1. The van der Waals surface area contributed by atoms with E-state index >= 15 is 0 Å². The molecular weight excluding hydrogens is 212 g/mol. The van der Waals surface area contributed by atoms with Crippen molar-refractivity contribution in [3.63, 3.8) is 0 Å². The first-order valence-corrected chi connectivity index (χ1v) is 5.68. The van der Waals surface area contributed by atoms with E-state index in [0.29, 0.717) is 12.1 Å². The normalized spacial score (nSPS) is 11.5. The first-order valence-electron chi connectivity index (χ1n) is 4.80. The van der Waals surface area contributed by atoms with Gasteiger partial charge in [0.05, 0.1) is 5.01 Å². The van der Waals surface area contributed by atoms with Crippen LogP contribution >= 0.6 is 11.3 Å². The molecule has 0 radical (unpaired) electrons. The summed E-state index contributed by atoms with van der Waals surface area (Å²) in [5.74, 6) is -0.183. The predicted molar refractivity (Wildman–Crippen MR) is 60.1 cm³/mol. The summed E-state index contributed by atoms with van der Waals surface area (Å²) in [4.78, 5) is 15.8. The van der Waals surface area contributed by atoms with Crippen molar-refractivity contribution in [2.75, 3.05) is 6.61 Å². The van der Waals surface area contributed by atoms with Crippen molar-refractivity contribution in [1.82, 2.24) is 10.3 Å². The summed E-state index contributed by atoms with van der Waals surface area (Å²) in [7, 11) is 0. The van der Waals surface area contributed by atoms with Crippen molar-refractivity contribution in [3.8, 4) is 0 Å². The Hall–Kier alpha value is -0.940. The highest BCUT2D eigenvalue weighted by Gasteiger charge is 2.21. The van der Waals surface area contributed by atoms with E-state index in [4.69, 9.17) is 5.11 Å². The lowest BCUT2D eigenvalue weighted by Crippen LogP contribution is -2.44. The lowest BCUT2D eigenvalue weighted by atomic mass is 10.0. The Morgan fingerprint density at radius 2 is 2.33 bits per heavy atom. The van der Waals surface area contributed by atoms with Gasteiger partial charge in [-0.2, -0.15) is 0 Å². The maximum absolute atomic E-state index is 11.7. The summed E-state index contributed by atoms with van der Waals surface area (Å²) in [6, 6.07) is 0. The largest absolute Gasteiger partial charge is 0.396 e. The van der Waals surface area contributed by atoms with Crippen LogP contribution in [0, 0.1) is 6.92 Å².